The Morgan fingerprint density at radius 2 is 0.818 bits per heavy atom. The topological polar surface area (TPSA) is 0 Å². The van der Waals surface area contributed by atoms with Gasteiger partial charge in [0.15, 0.2) is 0 Å². The third-order valence-corrected chi connectivity index (χ3v) is 18.7. The van der Waals surface area contributed by atoms with Crippen molar-refractivity contribution in [3.63, 3.8) is 0 Å². The second-order valence-electron chi connectivity index (χ2n) is 7.43. The summed E-state index contributed by atoms with van der Waals surface area (Å²) in [5.74, 6) is 0. The molecule has 0 bridgehead atoms. The normalized spacial score (nSPS) is 14.0. The number of unbranched alkanes of at least 4 members (excludes halogenated alkanes) is 10. The van der Waals surface area contributed by atoms with Crippen LogP contribution < -0.4 is 0 Å². The van der Waals surface area contributed by atoms with Gasteiger partial charge < -0.3 is 0 Å². The van der Waals surface area contributed by atoms with Gasteiger partial charge in [-0.05, 0) is 0 Å². The van der Waals surface area contributed by atoms with E-state index in [1.807, 2.05) is 0 Å². The third-order valence-electron chi connectivity index (χ3n) is 5.72. The predicted molar refractivity (Wildman–Crippen MR) is 119 cm³/mol. The zero-order chi connectivity index (χ0) is 16.8. The average Bonchev–Trinajstić information content (AvgIpc) is 2.54. The average molecular weight is 442 g/mol. The second kappa shape index (κ2) is 13.5. The molecule has 0 saturated carbocycles. The summed E-state index contributed by atoms with van der Waals surface area (Å²) in [6, 6.07) is 0. The Labute approximate surface area is 155 Å². The van der Waals surface area contributed by atoms with Crippen LogP contribution in [-0.4, -0.2) is 24.6 Å². The van der Waals surface area contributed by atoms with Crippen LogP contribution in [0.3, 0.4) is 0 Å². The molecule has 0 aromatic rings. The molecule has 0 aromatic heterocycles. The van der Waals surface area contributed by atoms with Gasteiger partial charge in [0.25, 0.3) is 0 Å². The van der Waals surface area contributed by atoms with Crippen LogP contribution in [0.2, 0.25) is 0 Å². The van der Waals surface area contributed by atoms with Gasteiger partial charge in [-0.15, -0.1) is 0 Å². The summed E-state index contributed by atoms with van der Waals surface area (Å²) in [5.41, 5.74) is 0. The van der Waals surface area contributed by atoms with E-state index in [9.17, 15) is 0 Å². The molecule has 0 aromatic carbocycles. The van der Waals surface area contributed by atoms with Gasteiger partial charge in [-0.25, -0.2) is 0 Å². The van der Waals surface area contributed by atoms with Crippen LogP contribution in [0.15, 0.2) is 0 Å². The van der Waals surface area contributed by atoms with E-state index >= 15 is 0 Å². The molecule has 0 amide bonds. The molecule has 0 radical (unpaired) electrons. The fraction of sp³-hybridized carbons (Fsp3) is 1.00. The van der Waals surface area contributed by atoms with Crippen LogP contribution in [0.1, 0.15) is 105 Å². The van der Waals surface area contributed by atoms with Crippen molar-refractivity contribution in [2.45, 2.75) is 105 Å². The van der Waals surface area contributed by atoms with E-state index in [0.717, 1.165) is 0 Å². The molecule has 0 heterocycles. The van der Waals surface area contributed by atoms with E-state index in [1.165, 1.54) is 89.4 Å². The maximum absolute atomic E-state index is 3.00. The molecular formula is C20H44IP. The maximum atomic E-state index is 3.00. The molecule has 0 nitrogen and oxygen atoms in total. The van der Waals surface area contributed by atoms with E-state index in [0.29, 0.717) is 0 Å². The van der Waals surface area contributed by atoms with Crippen LogP contribution in [-0.2, 0) is 0 Å². The van der Waals surface area contributed by atoms with Gasteiger partial charge in [-0.3, -0.25) is 0 Å². The van der Waals surface area contributed by atoms with Gasteiger partial charge in [0.2, 0.25) is 0 Å². The van der Waals surface area contributed by atoms with Crippen LogP contribution in [0.25, 0.3) is 0 Å². The van der Waals surface area contributed by atoms with Crippen molar-refractivity contribution in [2.24, 2.45) is 0 Å². The van der Waals surface area contributed by atoms with Crippen LogP contribution in [0.4, 0.5) is 0 Å². The molecule has 0 aliphatic heterocycles. The molecule has 0 unspecified atom stereocenters. The molecule has 0 N–H and O–H groups in total. The fourth-order valence-corrected chi connectivity index (χ4v) is 9.55. The summed E-state index contributed by atoms with van der Waals surface area (Å²) in [7, 11) is 0. The molecule has 0 atom stereocenters. The van der Waals surface area contributed by atoms with Gasteiger partial charge in [-0.2, -0.15) is 0 Å². The van der Waals surface area contributed by atoms with Crippen molar-refractivity contribution < 1.29 is 0 Å². The van der Waals surface area contributed by atoms with E-state index in [4.69, 9.17) is 0 Å². The third kappa shape index (κ3) is 10.1. The Morgan fingerprint density at radius 1 is 0.500 bits per heavy atom. The standard InChI is InChI=1S/C20H44IP/c1-5-9-11-13-15-17-19-22(21,7-3,8-4)20-18-16-14-12-10-6-2/h5-20H2,1-4H3. The fourth-order valence-electron chi connectivity index (χ4n) is 3.54. The first-order valence-corrected chi connectivity index (χ1v) is 16.0. The van der Waals surface area contributed by atoms with Crippen LogP contribution in [0.5, 0.6) is 0 Å². The summed E-state index contributed by atoms with van der Waals surface area (Å²) in [6.07, 6.45) is 23.6. The van der Waals surface area contributed by atoms with Gasteiger partial charge >= 0.3 is 156 Å². The summed E-state index contributed by atoms with van der Waals surface area (Å²) in [6.45, 7) is 9.60. The first kappa shape index (κ1) is 23.2. The van der Waals surface area contributed by atoms with Crippen LogP contribution in [0, 0.1) is 0 Å². The zero-order valence-corrected chi connectivity index (χ0v) is 19.2. The monoisotopic (exact) mass is 442 g/mol. The van der Waals surface area contributed by atoms with Crippen molar-refractivity contribution in [1.82, 2.24) is 0 Å². The van der Waals surface area contributed by atoms with Crippen molar-refractivity contribution in [1.29, 1.82) is 0 Å². The van der Waals surface area contributed by atoms with E-state index in [1.54, 1.807) is 12.3 Å². The molecule has 136 valence electrons. The summed E-state index contributed by atoms with van der Waals surface area (Å²) < 4.78 is -1.39. The SMILES string of the molecule is CCCCCCCCP(I)(CC)(CC)CCCCCCCC. The second-order valence-corrected chi connectivity index (χ2v) is 21.4. The minimum absolute atomic E-state index is 1.37. The summed E-state index contributed by atoms with van der Waals surface area (Å²) >= 11 is 3.00. The molecule has 0 rings (SSSR count). The molecular weight excluding hydrogens is 398 g/mol. The van der Waals surface area contributed by atoms with E-state index in [2.05, 4.69) is 49.7 Å². The number of hydrogen-bond acceptors (Lipinski definition) is 0. The predicted octanol–water partition coefficient (Wildman–Crippen LogP) is 8.65. The Morgan fingerprint density at radius 3 is 1.14 bits per heavy atom. The minimum atomic E-state index is -1.39. The van der Waals surface area contributed by atoms with Crippen molar-refractivity contribution in [2.75, 3.05) is 24.6 Å². The quantitative estimate of drug-likeness (QED) is 0.127. The molecule has 0 aliphatic carbocycles. The number of halogens is 1. The molecule has 0 saturated heterocycles. The van der Waals surface area contributed by atoms with Gasteiger partial charge in [0, 0.05) is 0 Å². The molecule has 22 heavy (non-hydrogen) atoms. The van der Waals surface area contributed by atoms with E-state index in [-0.39, 0.29) is 0 Å². The van der Waals surface area contributed by atoms with Gasteiger partial charge in [0.1, 0.15) is 0 Å². The van der Waals surface area contributed by atoms with Gasteiger partial charge in [-0.1, -0.05) is 0 Å². The Kier molecular flexibility index (Phi) is 14.2. The van der Waals surface area contributed by atoms with Crippen molar-refractivity contribution in [3.8, 4) is 0 Å². The zero-order valence-electron chi connectivity index (χ0n) is 16.1. The molecule has 0 aliphatic rings. The summed E-state index contributed by atoms with van der Waals surface area (Å²) in [4.78, 5) is 0. The molecule has 0 fully saturated rings. The molecule has 0 spiro atoms. The Hall–Kier alpha value is 1.16. The van der Waals surface area contributed by atoms with Gasteiger partial charge in [0.05, 0.1) is 0 Å². The van der Waals surface area contributed by atoms with Crippen molar-refractivity contribution >= 4 is 26.3 Å². The molecule has 2 heteroatoms. The first-order valence-electron chi connectivity index (χ1n) is 10.3. The van der Waals surface area contributed by atoms with Crippen molar-refractivity contribution in [3.05, 3.63) is 0 Å². The summed E-state index contributed by atoms with van der Waals surface area (Å²) in [5, 5.41) is 0. The van der Waals surface area contributed by atoms with E-state index < -0.39 is 4.25 Å². The Balaban J connectivity index is 4.08. The van der Waals surface area contributed by atoms with Crippen LogP contribution >= 0.6 is 26.3 Å². The first-order chi connectivity index (χ1) is 10.5. The Bertz CT molecular complexity index is 228. The number of rotatable bonds is 16. The number of hydrogen-bond donors (Lipinski definition) is 0.